The fraction of sp³-hybridized carbons (Fsp3) is 0.417. The van der Waals surface area contributed by atoms with Gasteiger partial charge in [0.15, 0.2) is 0 Å². The Hall–Kier alpha value is -2.12. The van der Waals surface area contributed by atoms with Gasteiger partial charge in [-0.05, 0) is 25.0 Å². The summed E-state index contributed by atoms with van der Waals surface area (Å²) in [7, 11) is 0. The van der Waals surface area contributed by atoms with Crippen LogP contribution < -0.4 is 11.1 Å². The van der Waals surface area contributed by atoms with Gasteiger partial charge in [0.25, 0.3) is 5.91 Å². The molecule has 20 heavy (non-hydrogen) atoms. The van der Waals surface area contributed by atoms with Crippen molar-refractivity contribution < 1.29 is 22.8 Å². The highest BCUT2D eigenvalue weighted by Gasteiger charge is 2.32. The number of primary amides is 1. The fourth-order valence-corrected chi connectivity index (χ4v) is 1.42. The molecule has 0 saturated heterocycles. The number of amides is 2. The lowest BCUT2D eigenvalue weighted by molar-refractivity contribution is -0.141. The predicted octanol–water partition coefficient (Wildman–Crippen LogP) is 1.49. The highest BCUT2D eigenvalue weighted by atomic mass is 19.4. The van der Waals surface area contributed by atoms with E-state index < -0.39 is 23.7 Å². The first-order valence-electron chi connectivity index (χ1n) is 5.90. The van der Waals surface area contributed by atoms with Crippen LogP contribution in [0.2, 0.25) is 0 Å². The molecule has 0 saturated carbocycles. The molecular weight excluding hydrogens is 275 g/mol. The van der Waals surface area contributed by atoms with Crippen LogP contribution >= 0.6 is 0 Å². The van der Waals surface area contributed by atoms with Crippen LogP contribution in [0.4, 0.5) is 13.2 Å². The average molecular weight is 289 g/mol. The first kappa shape index (κ1) is 15.9. The van der Waals surface area contributed by atoms with Crippen LogP contribution in [-0.2, 0) is 11.0 Å². The van der Waals surface area contributed by atoms with E-state index in [0.717, 1.165) is 18.3 Å². The number of carbonyl (C=O) groups is 2. The minimum absolute atomic E-state index is 0.0490. The number of nitrogens with zero attached hydrogens (tertiary/aromatic N) is 1. The summed E-state index contributed by atoms with van der Waals surface area (Å²) >= 11 is 0. The lowest BCUT2D eigenvalue weighted by atomic mass is 10.2. The molecule has 0 fully saturated rings. The number of rotatable bonds is 6. The molecule has 2 amide bonds. The topological polar surface area (TPSA) is 85.1 Å². The van der Waals surface area contributed by atoms with E-state index in [9.17, 15) is 22.8 Å². The van der Waals surface area contributed by atoms with Gasteiger partial charge in [-0.2, -0.15) is 13.2 Å². The van der Waals surface area contributed by atoms with Gasteiger partial charge in [-0.3, -0.25) is 14.6 Å². The van der Waals surface area contributed by atoms with Crippen molar-refractivity contribution in [2.75, 3.05) is 6.54 Å². The number of unbranched alkanes of at least 4 members (excludes halogenated alkanes) is 1. The number of hydrogen-bond donors (Lipinski definition) is 2. The van der Waals surface area contributed by atoms with Crippen molar-refractivity contribution in [2.24, 2.45) is 5.73 Å². The Morgan fingerprint density at radius 3 is 2.45 bits per heavy atom. The summed E-state index contributed by atoms with van der Waals surface area (Å²) in [6.45, 7) is 0.313. The van der Waals surface area contributed by atoms with Gasteiger partial charge in [0.2, 0.25) is 5.91 Å². The third-order valence-electron chi connectivity index (χ3n) is 2.45. The molecule has 0 aliphatic heterocycles. The zero-order valence-corrected chi connectivity index (χ0v) is 10.5. The molecular formula is C12H14F3N3O2. The molecule has 0 radical (unpaired) electrons. The monoisotopic (exact) mass is 289 g/mol. The van der Waals surface area contributed by atoms with Crippen molar-refractivity contribution >= 4 is 11.8 Å². The van der Waals surface area contributed by atoms with Crippen LogP contribution in [-0.4, -0.2) is 23.3 Å². The van der Waals surface area contributed by atoms with Gasteiger partial charge in [0.1, 0.15) is 5.69 Å². The average Bonchev–Trinajstić information content (AvgIpc) is 2.37. The molecule has 1 heterocycles. The Morgan fingerprint density at radius 2 is 1.95 bits per heavy atom. The maximum absolute atomic E-state index is 12.3. The number of alkyl halides is 3. The summed E-state index contributed by atoms with van der Waals surface area (Å²) in [6.07, 6.45) is -2.31. The lowest BCUT2D eigenvalue weighted by Crippen LogP contribution is -2.25. The van der Waals surface area contributed by atoms with Crippen molar-refractivity contribution in [1.82, 2.24) is 10.3 Å². The van der Waals surface area contributed by atoms with Crippen LogP contribution in [0.15, 0.2) is 18.3 Å². The first-order chi connectivity index (χ1) is 9.30. The summed E-state index contributed by atoms with van der Waals surface area (Å²) in [5.74, 6) is -0.923. The third kappa shape index (κ3) is 5.25. The molecule has 0 aromatic carbocycles. The smallest absolute Gasteiger partial charge is 0.370 e. The van der Waals surface area contributed by atoms with Crippen LogP contribution in [0.25, 0.3) is 0 Å². The van der Waals surface area contributed by atoms with Gasteiger partial charge in [-0.15, -0.1) is 0 Å². The number of nitrogens with two attached hydrogens (primary N) is 1. The van der Waals surface area contributed by atoms with Crippen molar-refractivity contribution in [3.63, 3.8) is 0 Å². The summed E-state index contributed by atoms with van der Waals surface area (Å²) in [5, 5.41) is 2.52. The fourth-order valence-electron chi connectivity index (χ4n) is 1.42. The summed E-state index contributed by atoms with van der Waals surface area (Å²) in [5.41, 5.74) is 3.95. The molecule has 3 N–H and O–H groups in total. The molecule has 0 unspecified atom stereocenters. The number of hydrogen-bond acceptors (Lipinski definition) is 3. The minimum Gasteiger partial charge on any atom is -0.370 e. The van der Waals surface area contributed by atoms with Crippen LogP contribution in [0.3, 0.4) is 0 Å². The molecule has 0 aliphatic carbocycles. The van der Waals surface area contributed by atoms with E-state index in [0.29, 0.717) is 19.4 Å². The molecule has 1 aromatic rings. The molecule has 0 spiro atoms. The van der Waals surface area contributed by atoms with Crippen LogP contribution in [0.5, 0.6) is 0 Å². The van der Waals surface area contributed by atoms with Crippen molar-refractivity contribution in [3.05, 3.63) is 29.6 Å². The Bertz CT molecular complexity index is 472. The van der Waals surface area contributed by atoms with Crippen LogP contribution in [0.1, 0.15) is 35.3 Å². The number of carbonyl (C=O) groups excluding carboxylic acids is 2. The normalized spacial score (nSPS) is 11.2. The molecule has 1 rings (SSSR count). The third-order valence-corrected chi connectivity index (χ3v) is 2.45. The quantitative estimate of drug-likeness (QED) is 0.778. The van der Waals surface area contributed by atoms with Crippen LogP contribution in [0, 0.1) is 0 Å². The molecule has 5 nitrogen and oxygen atoms in total. The largest absolute Gasteiger partial charge is 0.433 e. The molecule has 8 heteroatoms. The zero-order valence-electron chi connectivity index (χ0n) is 10.5. The zero-order chi connectivity index (χ0) is 15.2. The first-order valence-corrected chi connectivity index (χ1v) is 5.90. The highest BCUT2D eigenvalue weighted by Crippen LogP contribution is 2.27. The number of halogens is 3. The standard InChI is InChI=1S/C12H14F3N3O2/c13-12(14,15)9-5-4-8(7-18-9)11(20)17-6-2-1-3-10(16)19/h4-5,7H,1-3,6H2,(H2,16,19)(H,17,20). The molecule has 0 atom stereocenters. The van der Waals surface area contributed by atoms with E-state index in [2.05, 4.69) is 10.3 Å². The second-order valence-corrected chi connectivity index (χ2v) is 4.11. The van der Waals surface area contributed by atoms with Crippen molar-refractivity contribution in [3.8, 4) is 0 Å². The van der Waals surface area contributed by atoms with E-state index in [1.165, 1.54) is 0 Å². The summed E-state index contributed by atoms with van der Waals surface area (Å²) in [6, 6.07) is 1.82. The minimum atomic E-state index is -4.52. The van der Waals surface area contributed by atoms with Crippen molar-refractivity contribution in [2.45, 2.75) is 25.4 Å². The molecule has 1 aromatic heterocycles. The van der Waals surface area contributed by atoms with Gasteiger partial charge in [0, 0.05) is 19.2 Å². The van der Waals surface area contributed by atoms with E-state index in [-0.39, 0.29) is 12.0 Å². The Kier molecular flexibility index (Phi) is 5.48. The Morgan fingerprint density at radius 1 is 1.25 bits per heavy atom. The Labute approximate surface area is 113 Å². The lowest BCUT2D eigenvalue weighted by Gasteiger charge is -2.07. The van der Waals surface area contributed by atoms with Crippen molar-refractivity contribution in [1.29, 1.82) is 0 Å². The van der Waals surface area contributed by atoms with Gasteiger partial charge in [-0.1, -0.05) is 0 Å². The number of nitrogens with one attached hydrogen (secondary N) is 1. The summed E-state index contributed by atoms with van der Waals surface area (Å²) < 4.78 is 36.8. The Balaban J connectivity index is 2.42. The van der Waals surface area contributed by atoms with E-state index in [1.54, 1.807) is 0 Å². The van der Waals surface area contributed by atoms with Gasteiger partial charge in [0.05, 0.1) is 5.56 Å². The second-order valence-electron chi connectivity index (χ2n) is 4.11. The predicted molar refractivity (Wildman–Crippen MR) is 64.6 cm³/mol. The number of aromatic nitrogens is 1. The summed E-state index contributed by atoms with van der Waals surface area (Å²) in [4.78, 5) is 25.2. The molecule has 0 bridgehead atoms. The molecule has 110 valence electrons. The SMILES string of the molecule is NC(=O)CCCCNC(=O)c1ccc(C(F)(F)F)nc1. The van der Waals surface area contributed by atoms with Gasteiger partial charge < -0.3 is 11.1 Å². The second kappa shape index (κ2) is 6.88. The molecule has 0 aliphatic rings. The number of pyridine rings is 1. The van der Waals surface area contributed by atoms with E-state index >= 15 is 0 Å². The van der Waals surface area contributed by atoms with Gasteiger partial charge in [-0.25, -0.2) is 0 Å². The maximum atomic E-state index is 12.3. The van der Waals surface area contributed by atoms with E-state index in [1.807, 2.05) is 0 Å². The maximum Gasteiger partial charge on any atom is 0.433 e. The van der Waals surface area contributed by atoms with Gasteiger partial charge >= 0.3 is 6.18 Å². The van der Waals surface area contributed by atoms with E-state index in [4.69, 9.17) is 5.73 Å². The highest BCUT2D eigenvalue weighted by molar-refractivity contribution is 5.93.